The van der Waals surface area contributed by atoms with Gasteiger partial charge >= 0.3 is 0 Å². The Kier molecular flexibility index (Phi) is 2.44. The number of pyridine rings is 1. The van der Waals surface area contributed by atoms with Crippen LogP contribution in [0.1, 0.15) is 5.82 Å². The van der Waals surface area contributed by atoms with Crippen LogP contribution in [0, 0.1) is 0 Å². The molecule has 3 heterocycles. The third-order valence-electron chi connectivity index (χ3n) is 2.90. The van der Waals surface area contributed by atoms with Crippen molar-refractivity contribution in [1.82, 2.24) is 29.3 Å². The first-order valence-electron chi connectivity index (χ1n) is 5.65. The fourth-order valence-corrected chi connectivity index (χ4v) is 1.94. The summed E-state index contributed by atoms with van der Waals surface area (Å²) in [6.45, 7) is 0.686. The van der Waals surface area contributed by atoms with Crippen LogP contribution in [-0.2, 0) is 20.0 Å². The van der Waals surface area contributed by atoms with E-state index in [1.165, 1.54) is 0 Å². The molecule has 0 saturated carbocycles. The SMILES string of the molecule is Cn1cnnc1CCn1c(N)nc2cccnc21. The van der Waals surface area contributed by atoms with E-state index in [0.717, 1.165) is 23.4 Å². The Balaban J connectivity index is 1.91. The summed E-state index contributed by atoms with van der Waals surface area (Å²) < 4.78 is 3.78. The maximum absolute atomic E-state index is 5.90. The molecule has 0 saturated heterocycles. The number of aryl methyl sites for hydroxylation is 3. The van der Waals surface area contributed by atoms with Gasteiger partial charge in [0.05, 0.1) is 0 Å². The number of hydrogen-bond acceptors (Lipinski definition) is 5. The number of nitrogens with two attached hydrogens (primary N) is 1. The fraction of sp³-hybridized carbons (Fsp3) is 0.273. The first kappa shape index (κ1) is 10.7. The minimum absolute atomic E-state index is 0.478. The second kappa shape index (κ2) is 4.10. The van der Waals surface area contributed by atoms with E-state index in [1.54, 1.807) is 12.5 Å². The zero-order valence-electron chi connectivity index (χ0n) is 9.98. The molecule has 0 amide bonds. The Morgan fingerprint density at radius 2 is 2.28 bits per heavy atom. The van der Waals surface area contributed by atoms with Gasteiger partial charge in [-0.15, -0.1) is 10.2 Å². The first-order chi connectivity index (χ1) is 8.75. The van der Waals surface area contributed by atoms with Crippen molar-refractivity contribution in [2.75, 3.05) is 5.73 Å². The number of rotatable bonds is 3. The average molecular weight is 243 g/mol. The highest BCUT2D eigenvalue weighted by Gasteiger charge is 2.09. The molecular formula is C11H13N7. The quantitative estimate of drug-likeness (QED) is 0.718. The molecule has 0 aromatic carbocycles. The van der Waals surface area contributed by atoms with Crippen molar-refractivity contribution < 1.29 is 0 Å². The molecule has 0 aliphatic heterocycles. The van der Waals surface area contributed by atoms with Gasteiger partial charge in [0.25, 0.3) is 0 Å². The van der Waals surface area contributed by atoms with Gasteiger partial charge in [0.2, 0.25) is 5.95 Å². The van der Waals surface area contributed by atoms with Crippen molar-refractivity contribution in [3.8, 4) is 0 Å². The second-order valence-electron chi connectivity index (χ2n) is 4.08. The number of imidazole rings is 1. The van der Waals surface area contributed by atoms with Crippen molar-refractivity contribution in [3.63, 3.8) is 0 Å². The Morgan fingerprint density at radius 1 is 1.39 bits per heavy atom. The topological polar surface area (TPSA) is 87.4 Å². The van der Waals surface area contributed by atoms with Gasteiger partial charge < -0.3 is 10.3 Å². The molecule has 0 bridgehead atoms. The summed E-state index contributed by atoms with van der Waals surface area (Å²) >= 11 is 0. The van der Waals surface area contributed by atoms with Crippen LogP contribution in [-0.4, -0.2) is 29.3 Å². The zero-order chi connectivity index (χ0) is 12.5. The van der Waals surface area contributed by atoms with E-state index in [4.69, 9.17) is 5.73 Å². The molecule has 7 nitrogen and oxygen atoms in total. The number of hydrogen-bond donors (Lipinski definition) is 1. The molecule has 0 fully saturated rings. The molecule has 3 rings (SSSR count). The molecule has 0 radical (unpaired) electrons. The predicted molar refractivity (Wildman–Crippen MR) is 66.6 cm³/mol. The molecule has 0 unspecified atom stereocenters. The number of anilines is 1. The molecule has 3 aromatic rings. The Morgan fingerprint density at radius 3 is 3.06 bits per heavy atom. The third-order valence-corrected chi connectivity index (χ3v) is 2.90. The lowest BCUT2D eigenvalue weighted by Crippen LogP contribution is -2.09. The minimum Gasteiger partial charge on any atom is -0.369 e. The van der Waals surface area contributed by atoms with E-state index in [1.807, 2.05) is 28.3 Å². The van der Waals surface area contributed by atoms with Crippen LogP contribution in [0.2, 0.25) is 0 Å². The summed E-state index contributed by atoms with van der Waals surface area (Å²) in [4.78, 5) is 8.57. The van der Waals surface area contributed by atoms with Crippen LogP contribution in [0.25, 0.3) is 11.2 Å². The summed E-state index contributed by atoms with van der Waals surface area (Å²) in [6, 6.07) is 3.75. The lowest BCUT2D eigenvalue weighted by atomic mass is 10.4. The van der Waals surface area contributed by atoms with Crippen LogP contribution >= 0.6 is 0 Å². The van der Waals surface area contributed by atoms with Gasteiger partial charge in [0.1, 0.15) is 17.7 Å². The highest BCUT2D eigenvalue weighted by Crippen LogP contribution is 2.15. The number of aromatic nitrogens is 6. The van der Waals surface area contributed by atoms with Crippen molar-refractivity contribution >= 4 is 17.1 Å². The largest absolute Gasteiger partial charge is 0.369 e. The molecule has 2 N–H and O–H groups in total. The van der Waals surface area contributed by atoms with Gasteiger partial charge in [-0.1, -0.05) is 0 Å². The van der Waals surface area contributed by atoms with Crippen LogP contribution < -0.4 is 5.73 Å². The zero-order valence-corrected chi connectivity index (χ0v) is 9.98. The first-order valence-corrected chi connectivity index (χ1v) is 5.65. The molecule has 7 heteroatoms. The molecule has 0 spiro atoms. The Hall–Kier alpha value is -2.44. The van der Waals surface area contributed by atoms with E-state index in [2.05, 4.69) is 20.2 Å². The van der Waals surface area contributed by atoms with Crippen molar-refractivity contribution in [2.45, 2.75) is 13.0 Å². The summed E-state index contributed by atoms with van der Waals surface area (Å²) in [7, 11) is 1.92. The number of nitrogen functional groups attached to an aromatic ring is 1. The summed E-state index contributed by atoms with van der Waals surface area (Å²) in [5.41, 5.74) is 7.52. The highest BCUT2D eigenvalue weighted by molar-refractivity contribution is 5.73. The third kappa shape index (κ3) is 1.69. The monoisotopic (exact) mass is 243 g/mol. The molecule has 0 atom stereocenters. The van der Waals surface area contributed by atoms with Gasteiger partial charge in [-0.3, -0.25) is 4.57 Å². The van der Waals surface area contributed by atoms with Gasteiger partial charge in [-0.2, -0.15) is 0 Å². The standard InChI is InChI=1S/C11H13N7/c1-17-7-14-16-9(17)4-6-18-10-8(15-11(18)12)3-2-5-13-10/h2-3,5,7H,4,6H2,1H3,(H2,12,15). The van der Waals surface area contributed by atoms with Crippen LogP contribution in [0.4, 0.5) is 5.95 Å². The lowest BCUT2D eigenvalue weighted by Gasteiger charge is -2.05. The van der Waals surface area contributed by atoms with Crippen molar-refractivity contribution in [1.29, 1.82) is 0 Å². The molecule has 0 aliphatic carbocycles. The maximum Gasteiger partial charge on any atom is 0.202 e. The predicted octanol–water partition coefficient (Wildman–Crippen LogP) is 0.385. The van der Waals surface area contributed by atoms with E-state index in [9.17, 15) is 0 Å². The van der Waals surface area contributed by atoms with Crippen molar-refractivity contribution in [3.05, 3.63) is 30.5 Å². The number of nitrogens with zero attached hydrogens (tertiary/aromatic N) is 6. The molecule has 0 aliphatic rings. The second-order valence-corrected chi connectivity index (χ2v) is 4.08. The smallest absolute Gasteiger partial charge is 0.202 e. The van der Waals surface area contributed by atoms with Crippen molar-refractivity contribution in [2.24, 2.45) is 7.05 Å². The molecular weight excluding hydrogens is 230 g/mol. The molecule has 3 aromatic heterocycles. The van der Waals surface area contributed by atoms with Crippen LogP contribution in [0.3, 0.4) is 0 Å². The van der Waals surface area contributed by atoms with Gasteiger partial charge in [-0.25, -0.2) is 9.97 Å². The summed E-state index contributed by atoms with van der Waals surface area (Å²) in [5, 5.41) is 7.89. The van der Waals surface area contributed by atoms with Gasteiger partial charge in [-0.05, 0) is 12.1 Å². The van der Waals surface area contributed by atoms with E-state index in [0.29, 0.717) is 12.5 Å². The Bertz CT molecular complexity index is 682. The summed E-state index contributed by atoms with van der Waals surface area (Å²) in [5.74, 6) is 1.39. The number of fused-ring (bicyclic) bond motifs is 1. The minimum atomic E-state index is 0.478. The average Bonchev–Trinajstić information content (AvgIpc) is 2.90. The highest BCUT2D eigenvalue weighted by atomic mass is 15.3. The Labute approximate surface area is 103 Å². The van der Waals surface area contributed by atoms with Gasteiger partial charge in [0.15, 0.2) is 5.65 Å². The van der Waals surface area contributed by atoms with Crippen LogP contribution in [0.15, 0.2) is 24.7 Å². The normalized spacial score (nSPS) is 11.2. The maximum atomic E-state index is 5.90. The lowest BCUT2D eigenvalue weighted by molar-refractivity contribution is 0.665. The van der Waals surface area contributed by atoms with E-state index >= 15 is 0 Å². The van der Waals surface area contributed by atoms with Gasteiger partial charge in [0, 0.05) is 26.2 Å². The molecule has 92 valence electrons. The fourth-order valence-electron chi connectivity index (χ4n) is 1.94. The summed E-state index contributed by atoms with van der Waals surface area (Å²) in [6.07, 6.45) is 4.16. The van der Waals surface area contributed by atoms with Crippen LogP contribution in [0.5, 0.6) is 0 Å². The van der Waals surface area contributed by atoms with E-state index in [-0.39, 0.29) is 0 Å². The van der Waals surface area contributed by atoms with E-state index < -0.39 is 0 Å². The molecule has 18 heavy (non-hydrogen) atoms.